The predicted octanol–water partition coefficient (Wildman–Crippen LogP) is 3.43. The normalized spacial score (nSPS) is 10.5. The van der Waals surface area contributed by atoms with Gasteiger partial charge in [0, 0.05) is 13.1 Å². The van der Waals surface area contributed by atoms with E-state index >= 15 is 0 Å². The van der Waals surface area contributed by atoms with E-state index in [9.17, 15) is 0 Å². The van der Waals surface area contributed by atoms with E-state index in [0.29, 0.717) is 0 Å². The molecular formula is C16H28N2O. The largest absolute Gasteiger partial charge is 0.495 e. The molecule has 0 aliphatic heterocycles. The Labute approximate surface area is 117 Å². The first-order chi connectivity index (χ1) is 9.33. The predicted molar refractivity (Wildman–Crippen MR) is 83.0 cm³/mol. The molecule has 2 N–H and O–H groups in total. The summed E-state index contributed by atoms with van der Waals surface area (Å²) in [5, 5.41) is 0. The summed E-state index contributed by atoms with van der Waals surface area (Å²) in [7, 11) is 1.73. The van der Waals surface area contributed by atoms with Crippen molar-refractivity contribution in [2.75, 3.05) is 31.6 Å². The number of nitrogens with zero attached hydrogens (tertiary/aromatic N) is 1. The van der Waals surface area contributed by atoms with Crippen LogP contribution in [0.15, 0.2) is 24.3 Å². The van der Waals surface area contributed by atoms with Crippen LogP contribution in [0.4, 0.5) is 5.69 Å². The molecule has 0 aromatic heterocycles. The molecule has 0 heterocycles. The van der Waals surface area contributed by atoms with Crippen LogP contribution in [0.5, 0.6) is 5.75 Å². The van der Waals surface area contributed by atoms with Gasteiger partial charge in [-0.2, -0.15) is 0 Å². The Morgan fingerprint density at radius 3 is 2.47 bits per heavy atom. The van der Waals surface area contributed by atoms with Crippen LogP contribution >= 0.6 is 0 Å². The Morgan fingerprint density at radius 1 is 1.05 bits per heavy atom. The van der Waals surface area contributed by atoms with Gasteiger partial charge in [-0.1, -0.05) is 38.3 Å². The topological polar surface area (TPSA) is 38.5 Å². The average molecular weight is 264 g/mol. The summed E-state index contributed by atoms with van der Waals surface area (Å²) in [4.78, 5) is 2.40. The summed E-state index contributed by atoms with van der Waals surface area (Å²) < 4.78 is 5.46. The van der Waals surface area contributed by atoms with Crippen LogP contribution in [0.3, 0.4) is 0 Å². The maximum atomic E-state index is 5.64. The second kappa shape index (κ2) is 9.68. The van der Waals surface area contributed by atoms with Gasteiger partial charge in [0.1, 0.15) is 5.75 Å². The average Bonchev–Trinajstić information content (AvgIpc) is 2.46. The third-order valence-corrected chi connectivity index (χ3v) is 3.34. The lowest BCUT2D eigenvalue weighted by Crippen LogP contribution is -2.27. The molecule has 0 aliphatic rings. The zero-order chi connectivity index (χ0) is 13.9. The minimum atomic E-state index is 0.737. The molecule has 0 atom stereocenters. The number of ether oxygens (including phenoxy) is 1. The summed E-state index contributed by atoms with van der Waals surface area (Å²) >= 11 is 0. The number of benzene rings is 1. The molecule has 0 amide bonds. The zero-order valence-electron chi connectivity index (χ0n) is 12.4. The first kappa shape index (κ1) is 15.8. The van der Waals surface area contributed by atoms with Crippen molar-refractivity contribution >= 4 is 5.69 Å². The summed E-state index contributed by atoms with van der Waals surface area (Å²) in [6.45, 7) is 5.07. The van der Waals surface area contributed by atoms with Gasteiger partial charge in [-0.15, -0.1) is 0 Å². The van der Waals surface area contributed by atoms with Crippen LogP contribution in [0, 0.1) is 0 Å². The highest BCUT2D eigenvalue weighted by molar-refractivity contribution is 5.58. The standard InChI is InChI=1S/C16H28N2O/c1-3-4-5-8-13-18(14-9-12-17)15-10-6-7-11-16(15)19-2/h6-7,10-11H,3-5,8-9,12-14,17H2,1-2H3. The van der Waals surface area contributed by atoms with E-state index < -0.39 is 0 Å². The number of unbranched alkanes of at least 4 members (excludes halogenated alkanes) is 3. The zero-order valence-corrected chi connectivity index (χ0v) is 12.4. The Kier molecular flexibility index (Phi) is 8.07. The Bertz CT molecular complexity index is 341. The second-order valence-electron chi connectivity index (χ2n) is 4.86. The summed E-state index contributed by atoms with van der Waals surface area (Å²) in [6.07, 6.45) is 6.14. The lowest BCUT2D eigenvalue weighted by Gasteiger charge is -2.26. The molecule has 1 rings (SSSR count). The highest BCUT2D eigenvalue weighted by Crippen LogP contribution is 2.28. The first-order valence-corrected chi connectivity index (χ1v) is 7.41. The van der Waals surface area contributed by atoms with Crippen LogP contribution in [-0.2, 0) is 0 Å². The van der Waals surface area contributed by atoms with Crippen molar-refractivity contribution in [3.63, 3.8) is 0 Å². The molecular weight excluding hydrogens is 236 g/mol. The number of rotatable bonds is 10. The molecule has 0 unspecified atom stereocenters. The van der Waals surface area contributed by atoms with Crippen LogP contribution in [0.2, 0.25) is 0 Å². The van der Waals surface area contributed by atoms with Gasteiger partial charge in [-0.3, -0.25) is 0 Å². The molecule has 3 heteroatoms. The molecule has 0 radical (unpaired) electrons. The molecule has 108 valence electrons. The SMILES string of the molecule is CCCCCCN(CCCN)c1ccccc1OC. The van der Waals surface area contributed by atoms with Gasteiger partial charge in [0.2, 0.25) is 0 Å². The van der Waals surface area contributed by atoms with E-state index in [1.54, 1.807) is 7.11 Å². The van der Waals surface area contributed by atoms with E-state index in [-0.39, 0.29) is 0 Å². The molecule has 1 aromatic rings. The molecule has 0 spiro atoms. The van der Waals surface area contributed by atoms with Crippen molar-refractivity contribution in [2.24, 2.45) is 5.73 Å². The molecule has 0 saturated heterocycles. The lowest BCUT2D eigenvalue weighted by atomic mass is 10.1. The molecule has 0 aliphatic carbocycles. The van der Waals surface area contributed by atoms with Gasteiger partial charge in [0.15, 0.2) is 0 Å². The molecule has 0 bridgehead atoms. The van der Waals surface area contributed by atoms with Crippen molar-refractivity contribution in [2.45, 2.75) is 39.0 Å². The fraction of sp³-hybridized carbons (Fsp3) is 0.625. The van der Waals surface area contributed by atoms with Gasteiger partial charge < -0.3 is 15.4 Å². The minimum Gasteiger partial charge on any atom is -0.495 e. The van der Waals surface area contributed by atoms with Crippen molar-refractivity contribution < 1.29 is 4.74 Å². The number of para-hydroxylation sites is 2. The van der Waals surface area contributed by atoms with E-state index in [2.05, 4.69) is 24.0 Å². The minimum absolute atomic E-state index is 0.737. The van der Waals surface area contributed by atoms with E-state index in [4.69, 9.17) is 10.5 Å². The van der Waals surface area contributed by atoms with Gasteiger partial charge in [0.25, 0.3) is 0 Å². The molecule has 0 fully saturated rings. The van der Waals surface area contributed by atoms with Crippen LogP contribution < -0.4 is 15.4 Å². The smallest absolute Gasteiger partial charge is 0.142 e. The third kappa shape index (κ3) is 5.52. The molecule has 1 aromatic carbocycles. The molecule has 0 saturated carbocycles. The lowest BCUT2D eigenvalue weighted by molar-refractivity contribution is 0.414. The van der Waals surface area contributed by atoms with Crippen molar-refractivity contribution in [3.8, 4) is 5.75 Å². The van der Waals surface area contributed by atoms with Crippen molar-refractivity contribution in [1.29, 1.82) is 0 Å². The van der Waals surface area contributed by atoms with E-state index in [1.807, 2.05) is 12.1 Å². The molecule has 3 nitrogen and oxygen atoms in total. The van der Waals surface area contributed by atoms with Gasteiger partial charge in [-0.25, -0.2) is 0 Å². The van der Waals surface area contributed by atoms with Gasteiger partial charge in [0.05, 0.1) is 12.8 Å². The molecule has 19 heavy (non-hydrogen) atoms. The fourth-order valence-corrected chi connectivity index (χ4v) is 2.26. The van der Waals surface area contributed by atoms with Crippen LogP contribution in [-0.4, -0.2) is 26.7 Å². The summed E-state index contributed by atoms with van der Waals surface area (Å²) in [5.74, 6) is 0.954. The quantitative estimate of drug-likeness (QED) is 0.658. The summed E-state index contributed by atoms with van der Waals surface area (Å²) in [5.41, 5.74) is 6.83. The maximum Gasteiger partial charge on any atom is 0.142 e. The summed E-state index contributed by atoms with van der Waals surface area (Å²) in [6, 6.07) is 8.24. The number of hydrogen-bond donors (Lipinski definition) is 1. The fourth-order valence-electron chi connectivity index (χ4n) is 2.26. The monoisotopic (exact) mass is 264 g/mol. The van der Waals surface area contributed by atoms with E-state index in [1.165, 1.54) is 31.4 Å². The number of hydrogen-bond acceptors (Lipinski definition) is 3. The highest BCUT2D eigenvalue weighted by Gasteiger charge is 2.10. The van der Waals surface area contributed by atoms with E-state index in [0.717, 1.165) is 31.8 Å². The third-order valence-electron chi connectivity index (χ3n) is 3.34. The first-order valence-electron chi connectivity index (χ1n) is 7.41. The number of nitrogens with two attached hydrogens (primary N) is 1. The van der Waals surface area contributed by atoms with Gasteiger partial charge >= 0.3 is 0 Å². The highest BCUT2D eigenvalue weighted by atomic mass is 16.5. The van der Waals surface area contributed by atoms with Crippen molar-refractivity contribution in [1.82, 2.24) is 0 Å². The Balaban J connectivity index is 2.65. The van der Waals surface area contributed by atoms with Crippen molar-refractivity contribution in [3.05, 3.63) is 24.3 Å². The van der Waals surface area contributed by atoms with Crippen LogP contribution in [0.1, 0.15) is 39.0 Å². The maximum absolute atomic E-state index is 5.64. The number of methoxy groups -OCH3 is 1. The number of anilines is 1. The van der Waals surface area contributed by atoms with Gasteiger partial charge in [-0.05, 0) is 31.5 Å². The Hall–Kier alpha value is -1.22. The second-order valence-corrected chi connectivity index (χ2v) is 4.86. The van der Waals surface area contributed by atoms with Crippen LogP contribution in [0.25, 0.3) is 0 Å². The Morgan fingerprint density at radius 2 is 1.79 bits per heavy atom.